The van der Waals surface area contributed by atoms with Gasteiger partial charge in [0, 0.05) is 13.1 Å². The number of hydrogen-bond acceptors (Lipinski definition) is 5. The lowest BCUT2D eigenvalue weighted by Crippen LogP contribution is -2.24. The summed E-state index contributed by atoms with van der Waals surface area (Å²) >= 11 is 0. The molecular formula is C11H19N5O. The van der Waals surface area contributed by atoms with Crippen molar-refractivity contribution in [3.63, 3.8) is 0 Å². The van der Waals surface area contributed by atoms with E-state index in [1.165, 1.54) is 12.7 Å². The molecule has 17 heavy (non-hydrogen) atoms. The molecule has 4 N–H and O–H groups in total. The second kappa shape index (κ2) is 5.18. The Labute approximate surface area is 100 Å². The fourth-order valence-corrected chi connectivity index (χ4v) is 2.16. The lowest BCUT2D eigenvalue weighted by molar-refractivity contribution is 0.345. The smallest absolute Gasteiger partial charge is 0.276 e. The van der Waals surface area contributed by atoms with E-state index in [1.807, 2.05) is 0 Å². The topological polar surface area (TPSA) is 87.0 Å². The third kappa shape index (κ3) is 2.76. The van der Waals surface area contributed by atoms with E-state index in [0.717, 1.165) is 26.2 Å². The Hall–Kier alpha value is -1.56. The largest absolute Gasteiger partial charge is 0.391 e. The van der Waals surface area contributed by atoms with Crippen LogP contribution in [0, 0.1) is 5.92 Å². The normalized spacial score (nSPS) is 20.6. The number of nitrogen functional groups attached to an aromatic ring is 1. The van der Waals surface area contributed by atoms with Gasteiger partial charge in [-0.05, 0) is 25.4 Å². The van der Waals surface area contributed by atoms with Crippen LogP contribution in [-0.4, -0.2) is 41.0 Å². The van der Waals surface area contributed by atoms with Crippen LogP contribution in [0.5, 0.6) is 0 Å². The number of anilines is 2. The molecule has 1 saturated heterocycles. The molecule has 1 aromatic rings. The van der Waals surface area contributed by atoms with Gasteiger partial charge in [0.15, 0.2) is 5.82 Å². The van der Waals surface area contributed by atoms with E-state index in [4.69, 9.17) is 5.73 Å². The summed E-state index contributed by atoms with van der Waals surface area (Å²) in [6.07, 6.45) is 2.55. The third-order valence-corrected chi connectivity index (χ3v) is 3.26. The van der Waals surface area contributed by atoms with Gasteiger partial charge in [0.2, 0.25) is 0 Å². The Bertz CT molecular complexity index is 430. The molecule has 2 heterocycles. The van der Waals surface area contributed by atoms with Gasteiger partial charge < -0.3 is 20.9 Å². The molecule has 1 aromatic heterocycles. The van der Waals surface area contributed by atoms with Crippen molar-refractivity contribution in [2.45, 2.75) is 13.3 Å². The first-order valence-electron chi connectivity index (χ1n) is 6.00. The molecule has 1 aliphatic heterocycles. The molecule has 94 valence electrons. The predicted molar refractivity (Wildman–Crippen MR) is 68.0 cm³/mol. The van der Waals surface area contributed by atoms with Crippen LogP contribution in [0.2, 0.25) is 0 Å². The van der Waals surface area contributed by atoms with E-state index < -0.39 is 0 Å². The number of nitrogens with zero attached hydrogens (tertiary/aromatic N) is 2. The molecule has 1 atom stereocenters. The SMILES string of the molecule is CCN1CCC(CNc2nc[nH]c(=O)c2N)C1. The van der Waals surface area contributed by atoms with Crippen LogP contribution in [0.15, 0.2) is 11.1 Å². The molecule has 1 unspecified atom stereocenters. The maximum atomic E-state index is 11.3. The Morgan fingerprint density at radius 1 is 1.71 bits per heavy atom. The molecular weight excluding hydrogens is 218 g/mol. The molecule has 6 heteroatoms. The van der Waals surface area contributed by atoms with Gasteiger partial charge in [-0.1, -0.05) is 6.92 Å². The first kappa shape index (κ1) is 11.9. The summed E-state index contributed by atoms with van der Waals surface area (Å²) in [5.41, 5.74) is 5.52. The molecule has 1 fully saturated rings. The number of likely N-dealkylation sites (tertiary alicyclic amines) is 1. The van der Waals surface area contributed by atoms with Crippen molar-refractivity contribution in [1.82, 2.24) is 14.9 Å². The quantitative estimate of drug-likeness (QED) is 0.691. The molecule has 2 rings (SSSR count). The van der Waals surface area contributed by atoms with E-state index in [2.05, 4.69) is 27.1 Å². The summed E-state index contributed by atoms with van der Waals surface area (Å²) in [5, 5.41) is 3.16. The van der Waals surface area contributed by atoms with Crippen molar-refractivity contribution < 1.29 is 0 Å². The second-order valence-corrected chi connectivity index (χ2v) is 4.42. The van der Waals surface area contributed by atoms with Gasteiger partial charge >= 0.3 is 0 Å². The summed E-state index contributed by atoms with van der Waals surface area (Å²) in [6.45, 7) is 6.35. The Morgan fingerprint density at radius 3 is 3.24 bits per heavy atom. The summed E-state index contributed by atoms with van der Waals surface area (Å²) in [6, 6.07) is 0. The standard InChI is InChI=1S/C11H19N5O/c1-2-16-4-3-8(6-16)5-13-10-9(12)11(17)15-7-14-10/h7-8H,2-6,12H2,1H3,(H2,13,14,15,17). The highest BCUT2D eigenvalue weighted by atomic mass is 16.1. The Morgan fingerprint density at radius 2 is 2.53 bits per heavy atom. The highest BCUT2D eigenvalue weighted by molar-refractivity contribution is 5.58. The molecule has 0 radical (unpaired) electrons. The number of nitrogens with two attached hydrogens (primary N) is 1. The summed E-state index contributed by atoms with van der Waals surface area (Å²) in [7, 11) is 0. The van der Waals surface area contributed by atoms with Crippen molar-refractivity contribution in [2.24, 2.45) is 5.92 Å². The fourth-order valence-electron chi connectivity index (χ4n) is 2.16. The third-order valence-electron chi connectivity index (χ3n) is 3.26. The van der Waals surface area contributed by atoms with Gasteiger partial charge in [-0.25, -0.2) is 4.98 Å². The number of rotatable bonds is 4. The maximum Gasteiger partial charge on any atom is 0.276 e. The second-order valence-electron chi connectivity index (χ2n) is 4.42. The van der Waals surface area contributed by atoms with Crippen molar-refractivity contribution in [2.75, 3.05) is 37.2 Å². The van der Waals surface area contributed by atoms with E-state index in [-0.39, 0.29) is 11.2 Å². The van der Waals surface area contributed by atoms with Crippen LogP contribution in [-0.2, 0) is 0 Å². The Kier molecular flexibility index (Phi) is 3.63. The van der Waals surface area contributed by atoms with Crippen LogP contribution >= 0.6 is 0 Å². The van der Waals surface area contributed by atoms with Gasteiger partial charge in [-0.3, -0.25) is 4.79 Å². The van der Waals surface area contributed by atoms with Crippen molar-refractivity contribution in [3.05, 3.63) is 16.7 Å². The van der Waals surface area contributed by atoms with Crippen LogP contribution in [0.1, 0.15) is 13.3 Å². The first-order valence-corrected chi connectivity index (χ1v) is 6.00. The minimum atomic E-state index is -0.288. The number of H-pyrrole nitrogens is 1. The number of nitrogens with one attached hydrogen (secondary N) is 2. The van der Waals surface area contributed by atoms with Crippen LogP contribution in [0.25, 0.3) is 0 Å². The zero-order valence-electron chi connectivity index (χ0n) is 10.1. The summed E-state index contributed by atoms with van der Waals surface area (Å²) in [4.78, 5) is 20.2. The van der Waals surface area contributed by atoms with Gasteiger partial charge in [-0.15, -0.1) is 0 Å². The molecule has 0 spiro atoms. The molecule has 0 bridgehead atoms. The lowest BCUT2D eigenvalue weighted by Gasteiger charge is -2.14. The average molecular weight is 237 g/mol. The van der Waals surface area contributed by atoms with E-state index in [1.54, 1.807) is 0 Å². The minimum Gasteiger partial charge on any atom is -0.391 e. The molecule has 0 saturated carbocycles. The van der Waals surface area contributed by atoms with Gasteiger partial charge in [0.05, 0.1) is 6.33 Å². The number of aromatic amines is 1. The van der Waals surface area contributed by atoms with Crippen molar-refractivity contribution >= 4 is 11.5 Å². The summed E-state index contributed by atoms with van der Waals surface area (Å²) in [5.74, 6) is 1.10. The zero-order valence-corrected chi connectivity index (χ0v) is 10.1. The highest BCUT2D eigenvalue weighted by Crippen LogP contribution is 2.17. The average Bonchev–Trinajstić information content (AvgIpc) is 2.79. The lowest BCUT2D eigenvalue weighted by atomic mass is 10.1. The van der Waals surface area contributed by atoms with Gasteiger partial charge in [-0.2, -0.15) is 0 Å². The Balaban J connectivity index is 1.90. The number of hydrogen-bond donors (Lipinski definition) is 3. The highest BCUT2D eigenvalue weighted by Gasteiger charge is 2.21. The number of aromatic nitrogens is 2. The molecule has 0 aliphatic carbocycles. The molecule has 6 nitrogen and oxygen atoms in total. The van der Waals surface area contributed by atoms with Crippen LogP contribution in [0.4, 0.5) is 11.5 Å². The van der Waals surface area contributed by atoms with Crippen LogP contribution < -0.4 is 16.6 Å². The monoisotopic (exact) mass is 237 g/mol. The van der Waals surface area contributed by atoms with Crippen molar-refractivity contribution in [3.8, 4) is 0 Å². The van der Waals surface area contributed by atoms with Gasteiger partial charge in [0.25, 0.3) is 5.56 Å². The van der Waals surface area contributed by atoms with E-state index in [0.29, 0.717) is 11.7 Å². The fraction of sp³-hybridized carbons (Fsp3) is 0.636. The zero-order chi connectivity index (χ0) is 12.3. The van der Waals surface area contributed by atoms with Crippen molar-refractivity contribution in [1.29, 1.82) is 0 Å². The molecule has 0 aromatic carbocycles. The van der Waals surface area contributed by atoms with E-state index in [9.17, 15) is 4.79 Å². The summed E-state index contributed by atoms with van der Waals surface area (Å²) < 4.78 is 0. The molecule has 1 aliphatic rings. The predicted octanol–water partition coefficient (Wildman–Crippen LogP) is 0.106. The van der Waals surface area contributed by atoms with Crippen LogP contribution in [0.3, 0.4) is 0 Å². The first-order chi connectivity index (χ1) is 8.20. The minimum absolute atomic E-state index is 0.165. The van der Waals surface area contributed by atoms with Gasteiger partial charge in [0.1, 0.15) is 5.69 Å². The molecule has 0 amide bonds. The maximum absolute atomic E-state index is 11.3. The van der Waals surface area contributed by atoms with E-state index >= 15 is 0 Å².